The van der Waals surface area contributed by atoms with Crippen LogP contribution in [0.2, 0.25) is 10.0 Å². The molecule has 4 aromatic rings. The molecule has 170 valence electrons. The van der Waals surface area contributed by atoms with Gasteiger partial charge in [0.2, 0.25) is 0 Å². The molecule has 0 spiro atoms. The largest absolute Gasteiger partial charge is 0.335 e. The molecule has 0 aliphatic carbocycles. The standard InChI is InChI=1S/C24H17Cl2N5O3/c25-16-11-10-15(19(26)12-16)13-27-30-24(34)21(28-22(32)14-6-2-1-3-7-14)20-17-8-4-5-9-18(17)23(33)31-29-20/h1-13,21H,(H,28,32)(H,30,34)(H,31,33)/b27-13-. The number of benzene rings is 3. The second-order valence-corrected chi connectivity index (χ2v) is 8.00. The number of rotatable bonds is 6. The van der Waals surface area contributed by atoms with Crippen LogP contribution in [0.5, 0.6) is 0 Å². The summed E-state index contributed by atoms with van der Waals surface area (Å²) in [5.41, 5.74) is 3.03. The molecule has 0 saturated carbocycles. The first-order chi connectivity index (χ1) is 16.4. The Morgan fingerprint density at radius 1 is 0.971 bits per heavy atom. The minimum atomic E-state index is -1.26. The Balaban J connectivity index is 1.67. The fourth-order valence-electron chi connectivity index (χ4n) is 3.25. The second kappa shape index (κ2) is 10.3. The number of hydrazone groups is 1. The molecule has 34 heavy (non-hydrogen) atoms. The van der Waals surface area contributed by atoms with Gasteiger partial charge in [-0.05, 0) is 30.3 Å². The fraction of sp³-hybridized carbons (Fsp3) is 0.0417. The van der Waals surface area contributed by atoms with Gasteiger partial charge in [0.05, 0.1) is 16.6 Å². The molecule has 1 heterocycles. The van der Waals surface area contributed by atoms with Crippen molar-refractivity contribution in [3.05, 3.63) is 110 Å². The Hall–Kier alpha value is -4.01. The molecule has 0 fully saturated rings. The molecule has 8 nitrogen and oxygen atoms in total. The molecular formula is C24H17Cl2N5O3. The van der Waals surface area contributed by atoms with Crippen molar-refractivity contribution in [2.24, 2.45) is 5.10 Å². The van der Waals surface area contributed by atoms with Crippen molar-refractivity contribution in [1.29, 1.82) is 0 Å². The van der Waals surface area contributed by atoms with Gasteiger partial charge in [-0.15, -0.1) is 0 Å². The Morgan fingerprint density at radius 2 is 1.68 bits per heavy atom. The third-order valence-electron chi connectivity index (χ3n) is 4.91. The van der Waals surface area contributed by atoms with Gasteiger partial charge in [0, 0.05) is 21.5 Å². The molecule has 0 saturated heterocycles. The van der Waals surface area contributed by atoms with Gasteiger partial charge in [-0.25, -0.2) is 10.5 Å². The lowest BCUT2D eigenvalue weighted by Gasteiger charge is -2.18. The van der Waals surface area contributed by atoms with Crippen LogP contribution >= 0.6 is 23.2 Å². The molecule has 0 aliphatic heterocycles. The van der Waals surface area contributed by atoms with Crippen LogP contribution < -0.4 is 16.3 Å². The third kappa shape index (κ3) is 5.14. The van der Waals surface area contributed by atoms with E-state index in [9.17, 15) is 14.4 Å². The molecule has 3 aromatic carbocycles. The number of aromatic nitrogens is 2. The van der Waals surface area contributed by atoms with Gasteiger partial charge in [0.15, 0.2) is 6.04 Å². The third-order valence-corrected chi connectivity index (χ3v) is 5.48. The summed E-state index contributed by atoms with van der Waals surface area (Å²) in [4.78, 5) is 38.2. The predicted molar refractivity (Wildman–Crippen MR) is 131 cm³/mol. The molecule has 0 aliphatic rings. The Labute approximate surface area is 203 Å². The van der Waals surface area contributed by atoms with E-state index in [2.05, 4.69) is 26.0 Å². The van der Waals surface area contributed by atoms with E-state index < -0.39 is 23.4 Å². The average molecular weight is 494 g/mol. The van der Waals surface area contributed by atoms with E-state index >= 15 is 0 Å². The lowest BCUT2D eigenvalue weighted by Crippen LogP contribution is -2.40. The SMILES string of the molecule is O=C(NC(C(=O)N/N=C\c1ccc(Cl)cc1Cl)c1n[nH]c(=O)c2ccccc12)c1ccccc1. The molecule has 0 bridgehead atoms. The monoisotopic (exact) mass is 493 g/mol. The molecule has 1 aromatic heterocycles. The van der Waals surface area contributed by atoms with Crippen LogP contribution in [0.15, 0.2) is 82.7 Å². The normalized spacial score (nSPS) is 11.9. The van der Waals surface area contributed by atoms with Gasteiger partial charge in [0.1, 0.15) is 5.69 Å². The Morgan fingerprint density at radius 3 is 2.41 bits per heavy atom. The van der Waals surface area contributed by atoms with Crippen molar-refractivity contribution in [3.8, 4) is 0 Å². The molecule has 0 radical (unpaired) electrons. The van der Waals surface area contributed by atoms with E-state index in [4.69, 9.17) is 23.2 Å². The van der Waals surface area contributed by atoms with Crippen LogP contribution in [0.25, 0.3) is 10.8 Å². The first-order valence-electron chi connectivity index (χ1n) is 10.1. The van der Waals surface area contributed by atoms with Crippen molar-refractivity contribution >= 4 is 52.0 Å². The lowest BCUT2D eigenvalue weighted by atomic mass is 10.0. The minimum Gasteiger partial charge on any atom is -0.335 e. The predicted octanol–water partition coefficient (Wildman–Crippen LogP) is 3.85. The molecular weight excluding hydrogens is 477 g/mol. The number of carbonyl (C=O) groups is 2. The van der Waals surface area contributed by atoms with Crippen molar-refractivity contribution in [1.82, 2.24) is 20.9 Å². The highest BCUT2D eigenvalue weighted by Gasteiger charge is 2.27. The van der Waals surface area contributed by atoms with E-state index in [1.54, 1.807) is 72.8 Å². The minimum absolute atomic E-state index is 0.164. The second-order valence-electron chi connectivity index (χ2n) is 7.16. The fourth-order valence-corrected chi connectivity index (χ4v) is 3.71. The Bertz CT molecular complexity index is 1450. The van der Waals surface area contributed by atoms with Gasteiger partial charge >= 0.3 is 0 Å². The summed E-state index contributed by atoms with van der Waals surface area (Å²) in [6.45, 7) is 0. The van der Waals surface area contributed by atoms with Crippen molar-refractivity contribution in [2.45, 2.75) is 6.04 Å². The molecule has 2 amide bonds. The number of nitrogens with one attached hydrogen (secondary N) is 3. The van der Waals surface area contributed by atoms with Gasteiger partial charge in [-0.2, -0.15) is 10.2 Å². The molecule has 3 N–H and O–H groups in total. The number of hydrogen-bond acceptors (Lipinski definition) is 5. The van der Waals surface area contributed by atoms with Gasteiger partial charge in [-0.3, -0.25) is 14.4 Å². The summed E-state index contributed by atoms with van der Waals surface area (Å²) in [7, 11) is 0. The zero-order chi connectivity index (χ0) is 24.1. The van der Waals surface area contributed by atoms with Gasteiger partial charge < -0.3 is 5.32 Å². The first kappa shape index (κ1) is 23.2. The smallest absolute Gasteiger partial charge is 0.272 e. The number of aromatic amines is 1. The molecule has 1 unspecified atom stereocenters. The summed E-state index contributed by atoms with van der Waals surface area (Å²) in [5, 5.41) is 14.6. The van der Waals surface area contributed by atoms with Gasteiger partial charge in [-0.1, -0.05) is 65.7 Å². The summed E-state index contributed by atoms with van der Waals surface area (Å²) >= 11 is 12.0. The van der Waals surface area contributed by atoms with Crippen molar-refractivity contribution in [2.75, 3.05) is 0 Å². The van der Waals surface area contributed by atoms with Crippen LogP contribution in [-0.2, 0) is 4.79 Å². The van der Waals surface area contributed by atoms with Crippen LogP contribution in [0.1, 0.15) is 27.7 Å². The number of amides is 2. The zero-order valence-electron chi connectivity index (χ0n) is 17.5. The van der Waals surface area contributed by atoms with E-state index in [0.717, 1.165) is 0 Å². The highest BCUT2D eigenvalue weighted by molar-refractivity contribution is 6.36. The summed E-state index contributed by atoms with van der Waals surface area (Å²) in [6, 6.07) is 18.6. The maximum Gasteiger partial charge on any atom is 0.272 e. The number of halogens is 2. The van der Waals surface area contributed by atoms with E-state index in [0.29, 0.717) is 31.9 Å². The summed E-state index contributed by atoms with van der Waals surface area (Å²) in [5.74, 6) is -1.17. The lowest BCUT2D eigenvalue weighted by molar-refractivity contribution is -0.123. The maximum atomic E-state index is 13.1. The topological polar surface area (TPSA) is 116 Å². The van der Waals surface area contributed by atoms with E-state index in [-0.39, 0.29) is 5.69 Å². The van der Waals surface area contributed by atoms with Crippen LogP contribution in [0.4, 0.5) is 0 Å². The highest BCUT2D eigenvalue weighted by Crippen LogP contribution is 2.21. The molecule has 1 atom stereocenters. The van der Waals surface area contributed by atoms with Crippen LogP contribution in [0.3, 0.4) is 0 Å². The maximum absolute atomic E-state index is 13.1. The average Bonchev–Trinajstić information content (AvgIpc) is 2.85. The summed E-state index contributed by atoms with van der Waals surface area (Å²) < 4.78 is 0. The number of nitrogens with zero attached hydrogens (tertiary/aromatic N) is 2. The number of carbonyl (C=O) groups excluding carboxylic acids is 2. The van der Waals surface area contributed by atoms with E-state index in [1.807, 2.05) is 0 Å². The van der Waals surface area contributed by atoms with Crippen LogP contribution in [-0.4, -0.2) is 28.2 Å². The van der Waals surface area contributed by atoms with Gasteiger partial charge in [0.25, 0.3) is 17.4 Å². The quantitative estimate of drug-likeness (QED) is 0.279. The Kier molecular flexibility index (Phi) is 7.01. The van der Waals surface area contributed by atoms with Crippen molar-refractivity contribution < 1.29 is 9.59 Å². The molecule has 4 rings (SSSR count). The molecule has 10 heteroatoms. The van der Waals surface area contributed by atoms with E-state index in [1.165, 1.54) is 6.21 Å². The highest BCUT2D eigenvalue weighted by atomic mass is 35.5. The number of hydrogen-bond donors (Lipinski definition) is 3. The number of H-pyrrole nitrogens is 1. The first-order valence-corrected chi connectivity index (χ1v) is 10.8. The zero-order valence-corrected chi connectivity index (χ0v) is 19.0. The number of fused-ring (bicyclic) bond motifs is 1. The van der Waals surface area contributed by atoms with Crippen LogP contribution in [0, 0.1) is 0 Å². The van der Waals surface area contributed by atoms with Crippen molar-refractivity contribution in [3.63, 3.8) is 0 Å². The summed E-state index contributed by atoms with van der Waals surface area (Å²) in [6.07, 6.45) is 1.35.